The first-order valence-electron chi connectivity index (χ1n) is 12.9. The maximum atomic E-state index is 12.6. The number of aromatic hydroxyl groups is 1. The van der Waals surface area contributed by atoms with Crippen LogP contribution in [-0.2, 0) is 42.8 Å². The molecule has 42 heavy (non-hydrogen) atoms. The fraction of sp³-hybridized carbons (Fsp3) is 0.464. The molecule has 0 aromatic heterocycles. The van der Waals surface area contributed by atoms with Gasteiger partial charge in [0.25, 0.3) is 0 Å². The summed E-state index contributed by atoms with van der Waals surface area (Å²) in [7, 11) is 1.37. The molecule has 14 heteroatoms. The summed E-state index contributed by atoms with van der Waals surface area (Å²) in [6.07, 6.45) is -4.30. The van der Waals surface area contributed by atoms with Gasteiger partial charge in [-0.3, -0.25) is 4.79 Å². The predicted molar refractivity (Wildman–Crippen MR) is 139 cm³/mol. The molecule has 1 aromatic carbocycles. The molecule has 8 atom stereocenters. The molecule has 4 N–H and O–H groups in total. The number of cyclic esters (lactones) is 1. The summed E-state index contributed by atoms with van der Waals surface area (Å²) in [6, 6.07) is 4.36. The van der Waals surface area contributed by atoms with E-state index in [0.717, 1.165) is 19.3 Å². The Labute approximate surface area is 240 Å². The van der Waals surface area contributed by atoms with E-state index in [0.29, 0.717) is 5.56 Å². The topological polar surface area (TPSA) is 197 Å². The van der Waals surface area contributed by atoms with Crippen LogP contribution >= 0.6 is 0 Å². The number of carbonyl (C=O) groups is 3. The first-order valence-corrected chi connectivity index (χ1v) is 12.9. The Morgan fingerprint density at radius 3 is 2.64 bits per heavy atom. The minimum Gasteiger partial charge on any atom is -0.504 e. The first-order chi connectivity index (χ1) is 20.0. The number of aliphatic hydroxyl groups is 3. The van der Waals surface area contributed by atoms with Crippen molar-refractivity contribution in [2.45, 2.75) is 55.9 Å². The lowest BCUT2D eigenvalue weighted by molar-refractivity contribution is -0.345. The van der Waals surface area contributed by atoms with E-state index in [-0.39, 0.29) is 30.1 Å². The van der Waals surface area contributed by atoms with Crippen LogP contribution in [0.15, 0.2) is 48.8 Å². The van der Waals surface area contributed by atoms with Gasteiger partial charge in [-0.2, -0.15) is 0 Å². The Morgan fingerprint density at radius 2 is 1.98 bits per heavy atom. The molecule has 1 aromatic rings. The largest absolute Gasteiger partial charge is 0.504 e. The van der Waals surface area contributed by atoms with Crippen LogP contribution in [0.2, 0.25) is 0 Å². The number of benzene rings is 1. The van der Waals surface area contributed by atoms with Gasteiger partial charge in [-0.25, -0.2) is 9.59 Å². The van der Waals surface area contributed by atoms with Crippen LogP contribution in [0.4, 0.5) is 0 Å². The molecule has 2 saturated heterocycles. The number of aliphatic hydroxyl groups excluding tert-OH is 2. The van der Waals surface area contributed by atoms with Crippen LogP contribution in [0.1, 0.15) is 18.9 Å². The van der Waals surface area contributed by atoms with Gasteiger partial charge in [-0.1, -0.05) is 12.1 Å². The molecule has 0 unspecified atom stereocenters. The molecule has 0 radical (unpaired) electrons. The molecule has 0 amide bonds. The molecule has 3 aliphatic rings. The molecule has 3 aliphatic heterocycles. The standard InChI is InChI=1S/C28H32O14/c1-4-16-26(38-13-17-25(34)37-10-9-28(16,17)35)42-27-24(39-14(2)30)22(33)23(20(12-29)40-27)41-21(32)8-6-15-5-7-18(31)19(11-15)36-3/h4-8,11,13,16,20,22-24,26-27,29,31,33,35H,1,9-10,12H2,2-3H3/t16-,20+,22-,23+,24+,26-,27-,28+/m0/s1. The maximum Gasteiger partial charge on any atom is 0.340 e. The van der Waals surface area contributed by atoms with Crippen molar-refractivity contribution >= 4 is 24.0 Å². The molecular weight excluding hydrogens is 560 g/mol. The number of esters is 3. The van der Waals surface area contributed by atoms with Crippen LogP contribution in [-0.4, -0.2) is 101 Å². The number of fused-ring (bicyclic) bond motifs is 1. The molecule has 2 fully saturated rings. The molecule has 3 heterocycles. The van der Waals surface area contributed by atoms with Crippen molar-refractivity contribution in [1.29, 1.82) is 0 Å². The van der Waals surface area contributed by atoms with E-state index in [2.05, 4.69) is 6.58 Å². The molecule has 228 valence electrons. The Hall–Kier alpha value is -3.95. The number of hydrogen-bond donors (Lipinski definition) is 4. The van der Waals surface area contributed by atoms with Crippen molar-refractivity contribution < 1.29 is 68.0 Å². The summed E-state index contributed by atoms with van der Waals surface area (Å²) in [5.74, 6) is -3.45. The lowest BCUT2D eigenvalue weighted by atomic mass is 9.76. The highest BCUT2D eigenvalue weighted by Crippen LogP contribution is 2.42. The van der Waals surface area contributed by atoms with Gasteiger partial charge in [-0.15, -0.1) is 6.58 Å². The highest BCUT2D eigenvalue weighted by molar-refractivity contribution is 5.91. The van der Waals surface area contributed by atoms with Crippen molar-refractivity contribution in [1.82, 2.24) is 0 Å². The Morgan fingerprint density at radius 1 is 1.21 bits per heavy atom. The highest BCUT2D eigenvalue weighted by Gasteiger charge is 2.55. The fourth-order valence-electron chi connectivity index (χ4n) is 4.93. The van der Waals surface area contributed by atoms with E-state index in [9.17, 15) is 34.8 Å². The van der Waals surface area contributed by atoms with E-state index < -0.39 is 73.0 Å². The Balaban J connectivity index is 1.52. The molecule has 14 nitrogen and oxygen atoms in total. The molecule has 0 saturated carbocycles. The van der Waals surface area contributed by atoms with E-state index >= 15 is 0 Å². The van der Waals surface area contributed by atoms with Crippen molar-refractivity contribution in [3.8, 4) is 11.5 Å². The number of phenols is 1. The summed E-state index contributed by atoms with van der Waals surface area (Å²) in [5.41, 5.74) is -1.38. The SMILES string of the molecule is C=C[C@H]1[C@H](O[C@@H]2O[C@H](CO)[C@@H](OC(=O)C=Cc3ccc(O)c(OC)c3)[C@H](O)[C@H]2OC(C)=O)OC=C2C(=O)OCC[C@]21O. The smallest absolute Gasteiger partial charge is 0.340 e. The molecule has 0 aliphatic carbocycles. The second-order valence-corrected chi connectivity index (χ2v) is 9.70. The third-order valence-electron chi connectivity index (χ3n) is 7.06. The van der Waals surface area contributed by atoms with Crippen LogP contribution < -0.4 is 4.74 Å². The van der Waals surface area contributed by atoms with E-state index in [1.807, 2.05) is 0 Å². The fourth-order valence-corrected chi connectivity index (χ4v) is 4.93. The predicted octanol–water partition coefficient (Wildman–Crippen LogP) is 0.0726. The van der Waals surface area contributed by atoms with Gasteiger partial charge in [-0.05, 0) is 23.8 Å². The van der Waals surface area contributed by atoms with Crippen LogP contribution in [0.25, 0.3) is 6.08 Å². The second kappa shape index (κ2) is 12.9. The van der Waals surface area contributed by atoms with Gasteiger partial charge < -0.3 is 53.6 Å². The second-order valence-electron chi connectivity index (χ2n) is 9.70. The summed E-state index contributed by atoms with van der Waals surface area (Å²) < 4.78 is 37.8. The van der Waals surface area contributed by atoms with E-state index in [1.165, 1.54) is 37.5 Å². The number of rotatable bonds is 9. The number of hydrogen-bond acceptors (Lipinski definition) is 14. The quantitative estimate of drug-likeness (QED) is 0.130. The first kappa shape index (κ1) is 31.0. The van der Waals surface area contributed by atoms with Gasteiger partial charge in [0.2, 0.25) is 12.6 Å². The molecule has 4 rings (SSSR count). The number of phenolic OH excluding ortho intramolecular Hbond substituents is 1. The van der Waals surface area contributed by atoms with E-state index in [4.69, 9.17) is 33.2 Å². The van der Waals surface area contributed by atoms with Gasteiger partial charge >= 0.3 is 17.9 Å². The summed E-state index contributed by atoms with van der Waals surface area (Å²) in [4.78, 5) is 36.7. The van der Waals surface area contributed by atoms with Crippen molar-refractivity contribution in [3.63, 3.8) is 0 Å². The number of methoxy groups -OCH3 is 1. The maximum absolute atomic E-state index is 12.6. The minimum atomic E-state index is -1.74. The van der Waals surface area contributed by atoms with Crippen LogP contribution in [0, 0.1) is 5.92 Å². The molecule has 0 bridgehead atoms. The summed E-state index contributed by atoms with van der Waals surface area (Å²) >= 11 is 0. The van der Waals surface area contributed by atoms with Crippen LogP contribution in [0.3, 0.4) is 0 Å². The van der Waals surface area contributed by atoms with Crippen molar-refractivity contribution in [2.24, 2.45) is 5.92 Å². The van der Waals surface area contributed by atoms with Gasteiger partial charge in [0.05, 0.1) is 32.5 Å². The number of ether oxygens (including phenoxy) is 7. The lowest BCUT2D eigenvalue weighted by Crippen LogP contribution is -2.63. The third kappa shape index (κ3) is 6.27. The average molecular weight is 593 g/mol. The lowest BCUT2D eigenvalue weighted by Gasteiger charge is -2.47. The van der Waals surface area contributed by atoms with Gasteiger partial charge in [0.1, 0.15) is 23.4 Å². The highest BCUT2D eigenvalue weighted by atomic mass is 16.8. The van der Waals surface area contributed by atoms with Crippen LogP contribution in [0.5, 0.6) is 11.5 Å². The zero-order valence-electron chi connectivity index (χ0n) is 22.8. The Kier molecular flexibility index (Phi) is 9.53. The zero-order valence-corrected chi connectivity index (χ0v) is 22.8. The molecule has 0 spiro atoms. The van der Waals surface area contributed by atoms with E-state index in [1.54, 1.807) is 0 Å². The number of carbonyl (C=O) groups excluding carboxylic acids is 3. The normalized spacial score (nSPS) is 32.5. The van der Waals surface area contributed by atoms with Gasteiger partial charge in [0, 0.05) is 19.4 Å². The Bertz CT molecular complexity index is 1260. The van der Waals surface area contributed by atoms with Crippen molar-refractivity contribution in [2.75, 3.05) is 20.3 Å². The zero-order chi connectivity index (χ0) is 30.6. The average Bonchev–Trinajstić information content (AvgIpc) is 2.95. The molecular formula is C28H32O14. The third-order valence-corrected chi connectivity index (χ3v) is 7.06. The minimum absolute atomic E-state index is 0.0216. The van der Waals surface area contributed by atoms with Crippen molar-refractivity contribution in [3.05, 3.63) is 54.3 Å². The summed E-state index contributed by atoms with van der Waals surface area (Å²) in [5, 5.41) is 42.2. The summed E-state index contributed by atoms with van der Waals surface area (Å²) in [6.45, 7) is 3.98. The van der Waals surface area contributed by atoms with Gasteiger partial charge in [0.15, 0.2) is 23.7 Å². The monoisotopic (exact) mass is 592 g/mol.